The molecule has 0 fully saturated rings. The summed E-state index contributed by atoms with van der Waals surface area (Å²) in [5, 5.41) is 3.40. The smallest absolute Gasteiger partial charge is 0.307 e. The van der Waals surface area contributed by atoms with Gasteiger partial charge in [0.1, 0.15) is 0 Å². The van der Waals surface area contributed by atoms with Crippen LogP contribution in [0.15, 0.2) is 24.3 Å². The highest BCUT2D eigenvalue weighted by Gasteiger charge is 2.39. The summed E-state index contributed by atoms with van der Waals surface area (Å²) < 4.78 is 35.7. The van der Waals surface area contributed by atoms with Gasteiger partial charge in [0.25, 0.3) is 0 Å². The minimum atomic E-state index is -5.08. The Morgan fingerprint density at radius 3 is 2.39 bits per heavy atom. The zero-order valence-electron chi connectivity index (χ0n) is 9.47. The first-order valence-electron chi connectivity index (χ1n) is 5.11. The number of hydrogen-bond donors (Lipinski definition) is 2. The Morgan fingerprint density at radius 1 is 1.22 bits per heavy atom. The lowest BCUT2D eigenvalue weighted by molar-refractivity contribution is -0.172. The van der Waals surface area contributed by atoms with Crippen molar-refractivity contribution in [3.05, 3.63) is 29.8 Å². The molecule has 0 saturated carbocycles. The molecule has 1 aromatic rings. The molecule has 98 valence electrons. The summed E-state index contributed by atoms with van der Waals surface area (Å²) in [4.78, 5) is 21.7. The van der Waals surface area contributed by atoms with Crippen molar-refractivity contribution >= 4 is 17.6 Å². The van der Waals surface area contributed by atoms with E-state index >= 15 is 0 Å². The van der Waals surface area contributed by atoms with Gasteiger partial charge in [-0.05, 0) is 18.1 Å². The van der Waals surface area contributed by atoms with Crippen molar-refractivity contribution in [1.29, 1.82) is 0 Å². The van der Waals surface area contributed by atoms with Gasteiger partial charge in [0, 0.05) is 5.69 Å². The molecule has 0 bridgehead atoms. The number of nitrogens with one attached hydrogen (secondary N) is 2. The second kappa shape index (κ2) is 5.52. The van der Waals surface area contributed by atoms with Crippen molar-refractivity contribution in [3.8, 4) is 0 Å². The van der Waals surface area contributed by atoms with Gasteiger partial charge in [-0.1, -0.05) is 25.1 Å². The van der Waals surface area contributed by atoms with Crippen LogP contribution in [0.2, 0.25) is 0 Å². The molecule has 0 radical (unpaired) electrons. The molecule has 0 aliphatic rings. The van der Waals surface area contributed by atoms with Crippen molar-refractivity contribution in [2.75, 3.05) is 5.32 Å². The first-order valence-corrected chi connectivity index (χ1v) is 5.11. The number of hydrogen-bond acceptors (Lipinski definition) is 2. The molecule has 0 aliphatic heterocycles. The average Bonchev–Trinajstić information content (AvgIpc) is 2.28. The number of carbonyl (C=O) groups excluding carboxylic acids is 2. The molecule has 1 rings (SSSR count). The van der Waals surface area contributed by atoms with Crippen molar-refractivity contribution in [2.45, 2.75) is 19.5 Å². The largest absolute Gasteiger partial charge is 0.471 e. The van der Waals surface area contributed by atoms with Gasteiger partial charge in [0.2, 0.25) is 0 Å². The number of urea groups is 1. The SMILES string of the molecule is CCc1ccccc1NC(=O)NC(=O)C(F)(F)F. The number of amides is 3. The van der Waals surface area contributed by atoms with Crippen LogP contribution in [0.3, 0.4) is 0 Å². The first-order chi connectivity index (χ1) is 8.34. The van der Waals surface area contributed by atoms with Crippen molar-refractivity contribution < 1.29 is 22.8 Å². The van der Waals surface area contributed by atoms with Gasteiger partial charge >= 0.3 is 18.1 Å². The third-order valence-corrected chi connectivity index (χ3v) is 2.13. The van der Waals surface area contributed by atoms with Crippen LogP contribution in [0, 0.1) is 0 Å². The lowest BCUT2D eigenvalue weighted by Gasteiger charge is -2.11. The number of anilines is 1. The van der Waals surface area contributed by atoms with Gasteiger partial charge in [-0.3, -0.25) is 10.1 Å². The molecule has 2 N–H and O–H groups in total. The van der Waals surface area contributed by atoms with Crippen molar-refractivity contribution in [1.82, 2.24) is 5.32 Å². The van der Waals surface area contributed by atoms with E-state index in [-0.39, 0.29) is 0 Å². The Kier molecular flexibility index (Phi) is 4.30. The lowest BCUT2D eigenvalue weighted by Crippen LogP contribution is -2.42. The molecule has 0 saturated heterocycles. The van der Waals surface area contributed by atoms with Crippen molar-refractivity contribution in [3.63, 3.8) is 0 Å². The molecule has 3 amide bonds. The number of aryl methyl sites for hydroxylation is 1. The first kappa shape index (κ1) is 14.0. The van der Waals surface area contributed by atoms with Gasteiger partial charge in [-0.2, -0.15) is 13.2 Å². The quantitative estimate of drug-likeness (QED) is 0.858. The van der Waals surface area contributed by atoms with E-state index in [9.17, 15) is 22.8 Å². The topological polar surface area (TPSA) is 58.2 Å². The lowest BCUT2D eigenvalue weighted by atomic mass is 10.1. The van der Waals surface area contributed by atoms with E-state index < -0.39 is 18.1 Å². The van der Waals surface area contributed by atoms with Gasteiger partial charge in [0.15, 0.2) is 0 Å². The average molecular weight is 260 g/mol. The highest BCUT2D eigenvalue weighted by molar-refractivity contribution is 6.03. The number of rotatable bonds is 2. The van der Waals surface area contributed by atoms with Gasteiger partial charge < -0.3 is 5.32 Å². The summed E-state index contributed by atoms with van der Waals surface area (Å²) >= 11 is 0. The normalized spacial score (nSPS) is 10.9. The Bertz CT molecular complexity index is 458. The number of para-hydroxylation sites is 1. The maximum atomic E-state index is 11.9. The number of carbonyl (C=O) groups is 2. The molecule has 0 aliphatic carbocycles. The minimum Gasteiger partial charge on any atom is -0.307 e. The van der Waals surface area contributed by atoms with Gasteiger partial charge in [0.05, 0.1) is 0 Å². The second-order valence-electron chi connectivity index (χ2n) is 3.42. The Morgan fingerprint density at radius 2 is 1.83 bits per heavy atom. The van der Waals surface area contributed by atoms with E-state index in [1.54, 1.807) is 18.2 Å². The summed E-state index contributed by atoms with van der Waals surface area (Å²) in [5.74, 6) is -2.30. The predicted octanol–water partition coefficient (Wildman–Crippen LogP) is 2.46. The van der Waals surface area contributed by atoms with Crippen LogP contribution in [-0.2, 0) is 11.2 Å². The number of alkyl halides is 3. The Hall–Kier alpha value is -2.05. The third kappa shape index (κ3) is 3.76. The predicted molar refractivity (Wildman–Crippen MR) is 59.0 cm³/mol. The van der Waals surface area contributed by atoms with Crippen molar-refractivity contribution in [2.24, 2.45) is 0 Å². The molecule has 0 heterocycles. The van der Waals surface area contributed by atoms with Gasteiger partial charge in [-0.15, -0.1) is 0 Å². The monoisotopic (exact) mass is 260 g/mol. The summed E-state index contributed by atoms with van der Waals surface area (Å²) in [5.41, 5.74) is 1.12. The van der Waals surface area contributed by atoms with Crippen LogP contribution in [0.4, 0.5) is 23.7 Å². The Balaban J connectivity index is 2.68. The van der Waals surface area contributed by atoms with Crippen LogP contribution in [-0.4, -0.2) is 18.1 Å². The van der Waals surface area contributed by atoms with E-state index in [2.05, 4.69) is 5.32 Å². The van der Waals surface area contributed by atoms with E-state index in [0.29, 0.717) is 12.1 Å². The summed E-state index contributed by atoms with van der Waals surface area (Å²) in [7, 11) is 0. The molecule has 0 unspecified atom stereocenters. The Labute approximate surface area is 101 Å². The zero-order valence-corrected chi connectivity index (χ0v) is 9.47. The maximum absolute atomic E-state index is 11.9. The molecule has 1 aromatic carbocycles. The minimum absolute atomic E-state index is 0.368. The highest BCUT2D eigenvalue weighted by atomic mass is 19.4. The molecule has 18 heavy (non-hydrogen) atoms. The highest BCUT2D eigenvalue weighted by Crippen LogP contribution is 2.16. The van der Waals surface area contributed by atoms with Gasteiger partial charge in [-0.25, -0.2) is 4.79 Å². The standard InChI is InChI=1S/C11H11F3N2O2/c1-2-7-5-3-4-6-8(7)15-10(18)16-9(17)11(12,13)14/h3-6H,2H2,1H3,(H2,15,16,17,18). The fourth-order valence-electron chi connectivity index (χ4n) is 1.28. The van der Waals surface area contributed by atoms with Crippen LogP contribution in [0.25, 0.3) is 0 Å². The van der Waals surface area contributed by atoms with Crippen LogP contribution in [0.1, 0.15) is 12.5 Å². The molecule has 7 heteroatoms. The van der Waals surface area contributed by atoms with E-state index in [0.717, 1.165) is 5.56 Å². The molecule has 4 nitrogen and oxygen atoms in total. The van der Waals surface area contributed by atoms with E-state index in [4.69, 9.17) is 0 Å². The number of halogens is 3. The summed E-state index contributed by atoms with van der Waals surface area (Å²) in [6.07, 6.45) is -4.48. The van der Waals surface area contributed by atoms with E-state index in [1.165, 1.54) is 11.4 Å². The number of benzene rings is 1. The second-order valence-corrected chi connectivity index (χ2v) is 3.42. The molecule has 0 atom stereocenters. The maximum Gasteiger partial charge on any atom is 0.471 e. The number of imide groups is 1. The van der Waals surface area contributed by atoms with Crippen LogP contribution >= 0.6 is 0 Å². The molecular formula is C11H11F3N2O2. The van der Waals surface area contributed by atoms with E-state index in [1.807, 2.05) is 6.92 Å². The zero-order chi connectivity index (χ0) is 13.8. The molecular weight excluding hydrogens is 249 g/mol. The van der Waals surface area contributed by atoms with Crippen LogP contribution in [0.5, 0.6) is 0 Å². The third-order valence-electron chi connectivity index (χ3n) is 2.13. The fraction of sp³-hybridized carbons (Fsp3) is 0.273. The molecule has 0 aromatic heterocycles. The van der Waals surface area contributed by atoms with Crippen LogP contribution < -0.4 is 10.6 Å². The fourth-order valence-corrected chi connectivity index (χ4v) is 1.28. The molecule has 0 spiro atoms. The summed E-state index contributed by atoms with van der Waals surface area (Å²) in [6, 6.07) is 5.42. The summed E-state index contributed by atoms with van der Waals surface area (Å²) in [6.45, 7) is 1.83.